The van der Waals surface area contributed by atoms with Crippen molar-refractivity contribution in [3.8, 4) is 0 Å². The molecular formula is C16H32N2O2S. The van der Waals surface area contributed by atoms with E-state index in [0.717, 1.165) is 38.8 Å². The monoisotopic (exact) mass is 316 g/mol. The van der Waals surface area contributed by atoms with E-state index in [9.17, 15) is 8.42 Å². The van der Waals surface area contributed by atoms with Crippen LogP contribution in [0.25, 0.3) is 0 Å². The molecule has 1 aliphatic carbocycles. The standard InChI is InChI=1S/C16H32N2O2S/c1-13(2)12-18-10-6-7-14(18)11-17-15-8-4-5-9-16(15)21(3,19)20/h13-17H,4-12H2,1-3H3/t14-,15+,16-/m0/s1. The molecule has 0 unspecified atom stereocenters. The Labute approximate surface area is 130 Å². The van der Waals surface area contributed by atoms with Crippen LogP contribution in [0.1, 0.15) is 52.4 Å². The van der Waals surface area contributed by atoms with E-state index < -0.39 is 9.84 Å². The lowest BCUT2D eigenvalue weighted by Gasteiger charge is -2.33. The maximum absolute atomic E-state index is 12.0. The van der Waals surface area contributed by atoms with Gasteiger partial charge in [0, 0.05) is 31.4 Å². The molecule has 5 heteroatoms. The lowest BCUT2D eigenvalue weighted by Crippen LogP contribution is -2.50. The summed E-state index contributed by atoms with van der Waals surface area (Å²) in [5.74, 6) is 0.698. The number of rotatable bonds is 6. The lowest BCUT2D eigenvalue weighted by atomic mass is 9.94. The maximum atomic E-state index is 12.0. The molecule has 1 saturated heterocycles. The van der Waals surface area contributed by atoms with Crippen molar-refractivity contribution in [1.29, 1.82) is 0 Å². The fourth-order valence-corrected chi connectivity index (χ4v) is 5.39. The molecule has 0 aromatic carbocycles. The SMILES string of the molecule is CC(C)CN1CCC[C@H]1CN[C@@H]1CCCC[C@@H]1S(C)(=O)=O. The Morgan fingerprint density at radius 3 is 2.52 bits per heavy atom. The highest BCUT2D eigenvalue weighted by atomic mass is 32.2. The van der Waals surface area contributed by atoms with Crippen LogP contribution in [-0.4, -0.2) is 56.5 Å². The van der Waals surface area contributed by atoms with Gasteiger partial charge in [-0.05, 0) is 38.1 Å². The van der Waals surface area contributed by atoms with E-state index >= 15 is 0 Å². The van der Waals surface area contributed by atoms with Crippen molar-refractivity contribution in [2.24, 2.45) is 5.92 Å². The number of hydrogen-bond acceptors (Lipinski definition) is 4. The van der Waals surface area contributed by atoms with Crippen LogP contribution in [0.4, 0.5) is 0 Å². The van der Waals surface area contributed by atoms with Gasteiger partial charge in [-0.2, -0.15) is 0 Å². The van der Waals surface area contributed by atoms with Crippen molar-refractivity contribution >= 4 is 9.84 Å². The van der Waals surface area contributed by atoms with Crippen LogP contribution < -0.4 is 5.32 Å². The summed E-state index contributed by atoms with van der Waals surface area (Å²) in [5.41, 5.74) is 0. The first-order valence-corrected chi connectivity index (χ1v) is 10.5. The molecule has 2 rings (SSSR count). The molecule has 21 heavy (non-hydrogen) atoms. The molecule has 124 valence electrons. The molecule has 0 radical (unpaired) electrons. The van der Waals surface area contributed by atoms with Crippen molar-refractivity contribution in [2.45, 2.75) is 69.7 Å². The van der Waals surface area contributed by atoms with Gasteiger partial charge in [-0.1, -0.05) is 26.7 Å². The molecule has 2 aliphatic rings. The zero-order chi connectivity index (χ0) is 15.5. The van der Waals surface area contributed by atoms with Gasteiger partial charge in [0.05, 0.1) is 5.25 Å². The van der Waals surface area contributed by atoms with Crippen LogP contribution in [0.2, 0.25) is 0 Å². The molecule has 0 bridgehead atoms. The van der Waals surface area contributed by atoms with Crippen LogP contribution in [0.3, 0.4) is 0 Å². The molecular weight excluding hydrogens is 284 g/mol. The Hall–Kier alpha value is -0.130. The Kier molecular flexibility index (Phi) is 6.09. The predicted molar refractivity (Wildman–Crippen MR) is 88.3 cm³/mol. The van der Waals surface area contributed by atoms with E-state index in [1.807, 2.05) is 0 Å². The summed E-state index contributed by atoms with van der Waals surface area (Å²) in [6.07, 6.45) is 7.97. The quantitative estimate of drug-likeness (QED) is 0.815. The Morgan fingerprint density at radius 2 is 1.86 bits per heavy atom. The highest BCUT2D eigenvalue weighted by Crippen LogP contribution is 2.25. The van der Waals surface area contributed by atoms with Crippen LogP contribution >= 0.6 is 0 Å². The lowest BCUT2D eigenvalue weighted by molar-refractivity contribution is 0.213. The molecule has 0 amide bonds. The summed E-state index contributed by atoms with van der Waals surface area (Å²) in [6, 6.07) is 0.754. The van der Waals surface area contributed by atoms with E-state index in [0.29, 0.717) is 12.0 Å². The maximum Gasteiger partial charge on any atom is 0.151 e. The van der Waals surface area contributed by atoms with E-state index in [-0.39, 0.29) is 11.3 Å². The van der Waals surface area contributed by atoms with Crippen LogP contribution in [0.15, 0.2) is 0 Å². The average molecular weight is 317 g/mol. The third kappa shape index (κ3) is 4.93. The van der Waals surface area contributed by atoms with Crippen molar-refractivity contribution in [3.05, 3.63) is 0 Å². The summed E-state index contributed by atoms with van der Waals surface area (Å²) < 4.78 is 23.9. The first kappa shape index (κ1) is 17.2. The first-order chi connectivity index (χ1) is 9.88. The summed E-state index contributed by atoms with van der Waals surface area (Å²) in [5, 5.41) is 3.43. The van der Waals surface area contributed by atoms with Gasteiger partial charge < -0.3 is 5.32 Å². The molecule has 0 aromatic heterocycles. The molecule has 4 nitrogen and oxygen atoms in total. The van der Waals surface area contributed by atoms with Gasteiger partial charge in [-0.3, -0.25) is 4.90 Å². The van der Waals surface area contributed by atoms with Crippen LogP contribution in [0.5, 0.6) is 0 Å². The predicted octanol–water partition coefficient (Wildman–Crippen LogP) is 2.05. The largest absolute Gasteiger partial charge is 0.311 e. The summed E-state index contributed by atoms with van der Waals surface area (Å²) >= 11 is 0. The highest BCUT2D eigenvalue weighted by molar-refractivity contribution is 7.91. The van der Waals surface area contributed by atoms with Crippen molar-refractivity contribution in [2.75, 3.05) is 25.9 Å². The fourth-order valence-electron chi connectivity index (χ4n) is 3.97. The molecule has 1 saturated carbocycles. The average Bonchev–Trinajstić information content (AvgIpc) is 2.82. The van der Waals surface area contributed by atoms with Crippen molar-refractivity contribution in [1.82, 2.24) is 10.2 Å². The van der Waals surface area contributed by atoms with Gasteiger partial charge in [-0.15, -0.1) is 0 Å². The second-order valence-electron chi connectivity index (χ2n) is 7.35. The van der Waals surface area contributed by atoms with Gasteiger partial charge in [0.2, 0.25) is 0 Å². The van der Waals surface area contributed by atoms with Crippen molar-refractivity contribution in [3.63, 3.8) is 0 Å². The summed E-state index contributed by atoms with van der Waals surface area (Å²) in [7, 11) is -2.93. The molecule has 3 atom stereocenters. The summed E-state index contributed by atoms with van der Waals surface area (Å²) in [6.45, 7) is 7.84. The third-order valence-electron chi connectivity index (χ3n) is 4.97. The molecule has 2 fully saturated rings. The smallest absolute Gasteiger partial charge is 0.151 e. The Morgan fingerprint density at radius 1 is 1.14 bits per heavy atom. The third-order valence-corrected chi connectivity index (χ3v) is 6.63. The van der Waals surface area contributed by atoms with Gasteiger partial charge in [0.15, 0.2) is 9.84 Å². The summed E-state index contributed by atoms with van der Waals surface area (Å²) in [4.78, 5) is 2.58. The first-order valence-electron chi connectivity index (χ1n) is 8.54. The molecule has 1 heterocycles. The molecule has 0 spiro atoms. The van der Waals surface area contributed by atoms with Crippen LogP contribution in [-0.2, 0) is 9.84 Å². The van der Waals surface area contributed by atoms with E-state index in [1.165, 1.54) is 25.6 Å². The van der Waals surface area contributed by atoms with E-state index in [4.69, 9.17) is 0 Å². The number of nitrogens with one attached hydrogen (secondary N) is 1. The second-order valence-corrected chi connectivity index (χ2v) is 9.62. The topological polar surface area (TPSA) is 49.4 Å². The number of sulfone groups is 1. The molecule has 1 aliphatic heterocycles. The normalized spacial score (nSPS) is 31.9. The fraction of sp³-hybridized carbons (Fsp3) is 1.00. The van der Waals surface area contributed by atoms with Crippen LogP contribution in [0, 0.1) is 5.92 Å². The van der Waals surface area contributed by atoms with Gasteiger partial charge in [0.25, 0.3) is 0 Å². The number of nitrogens with zero attached hydrogens (tertiary/aromatic N) is 1. The van der Waals surface area contributed by atoms with Gasteiger partial charge >= 0.3 is 0 Å². The number of hydrogen-bond donors (Lipinski definition) is 1. The van der Waals surface area contributed by atoms with Gasteiger partial charge in [-0.25, -0.2) is 8.42 Å². The zero-order valence-electron chi connectivity index (χ0n) is 13.8. The van der Waals surface area contributed by atoms with Gasteiger partial charge in [0.1, 0.15) is 0 Å². The van der Waals surface area contributed by atoms with E-state index in [1.54, 1.807) is 0 Å². The minimum absolute atomic E-state index is 0.162. The van der Waals surface area contributed by atoms with Crippen molar-refractivity contribution < 1.29 is 8.42 Å². The highest BCUT2D eigenvalue weighted by Gasteiger charge is 2.33. The minimum Gasteiger partial charge on any atom is -0.311 e. The zero-order valence-corrected chi connectivity index (χ0v) is 14.7. The Balaban J connectivity index is 1.88. The Bertz CT molecular complexity index is 422. The number of likely N-dealkylation sites (tertiary alicyclic amines) is 1. The molecule has 0 aromatic rings. The van der Waals surface area contributed by atoms with E-state index in [2.05, 4.69) is 24.1 Å². The molecule has 1 N–H and O–H groups in total. The second kappa shape index (κ2) is 7.42. The minimum atomic E-state index is -2.93.